The predicted molar refractivity (Wildman–Crippen MR) is 79.8 cm³/mol. The minimum absolute atomic E-state index is 0. The first kappa shape index (κ1) is 14.7. The van der Waals surface area contributed by atoms with Gasteiger partial charge in [0.15, 0.2) is 0 Å². The van der Waals surface area contributed by atoms with Gasteiger partial charge in [-0.25, -0.2) is 0 Å². The first-order valence-electron chi connectivity index (χ1n) is 5.53. The van der Waals surface area contributed by atoms with Crippen molar-refractivity contribution < 1.29 is 4.79 Å². The molecule has 2 rings (SSSR count). The van der Waals surface area contributed by atoms with Crippen LogP contribution >= 0.6 is 35.0 Å². The van der Waals surface area contributed by atoms with E-state index in [1.54, 1.807) is 0 Å². The fourth-order valence-corrected chi connectivity index (χ4v) is 2.20. The van der Waals surface area contributed by atoms with Crippen molar-refractivity contribution in [1.82, 2.24) is 10.6 Å². The largest absolute Gasteiger partial charge is 0.348 e. The molecular formula is C12H16ClIN2O. The lowest BCUT2D eigenvalue weighted by molar-refractivity contribution is 0.0930. The molecular weight excluding hydrogens is 351 g/mol. The number of piperidine rings is 1. The van der Waals surface area contributed by atoms with Gasteiger partial charge in [0.2, 0.25) is 0 Å². The monoisotopic (exact) mass is 366 g/mol. The Hall–Kier alpha value is -0.330. The molecule has 1 aromatic carbocycles. The van der Waals surface area contributed by atoms with Crippen molar-refractivity contribution in [2.24, 2.45) is 0 Å². The van der Waals surface area contributed by atoms with Crippen molar-refractivity contribution in [1.29, 1.82) is 0 Å². The van der Waals surface area contributed by atoms with Gasteiger partial charge < -0.3 is 10.6 Å². The highest BCUT2D eigenvalue weighted by Gasteiger charge is 2.15. The molecule has 1 aliphatic heterocycles. The summed E-state index contributed by atoms with van der Waals surface area (Å²) in [6, 6.07) is 7.92. The molecule has 1 heterocycles. The van der Waals surface area contributed by atoms with Gasteiger partial charge in [-0.05, 0) is 66.2 Å². The molecule has 0 aliphatic carbocycles. The highest BCUT2D eigenvalue weighted by molar-refractivity contribution is 14.1. The van der Waals surface area contributed by atoms with Crippen LogP contribution in [0.5, 0.6) is 0 Å². The molecule has 2 N–H and O–H groups in total. The second-order valence-electron chi connectivity index (χ2n) is 4.02. The van der Waals surface area contributed by atoms with Crippen molar-refractivity contribution in [2.45, 2.75) is 18.9 Å². The Morgan fingerprint density at radius 1 is 1.35 bits per heavy atom. The van der Waals surface area contributed by atoms with Crippen LogP contribution in [0.15, 0.2) is 24.3 Å². The molecule has 0 radical (unpaired) electrons. The number of rotatable bonds is 2. The average molecular weight is 367 g/mol. The van der Waals surface area contributed by atoms with Crippen LogP contribution in [0.1, 0.15) is 23.2 Å². The number of halogens is 2. The van der Waals surface area contributed by atoms with Crippen LogP contribution in [0, 0.1) is 3.57 Å². The number of carbonyl (C=O) groups is 1. The summed E-state index contributed by atoms with van der Waals surface area (Å²) in [5.74, 6) is 0.0325. The zero-order chi connectivity index (χ0) is 11.4. The van der Waals surface area contributed by atoms with Gasteiger partial charge in [0.05, 0.1) is 0 Å². The van der Waals surface area contributed by atoms with Crippen molar-refractivity contribution in [3.05, 3.63) is 33.4 Å². The molecule has 94 valence electrons. The van der Waals surface area contributed by atoms with E-state index in [0.29, 0.717) is 0 Å². The summed E-state index contributed by atoms with van der Waals surface area (Å²) < 4.78 is 1.15. The minimum Gasteiger partial charge on any atom is -0.348 e. The van der Waals surface area contributed by atoms with Crippen molar-refractivity contribution in [3.63, 3.8) is 0 Å². The van der Waals surface area contributed by atoms with Crippen LogP contribution in [0.2, 0.25) is 0 Å². The molecule has 0 bridgehead atoms. The van der Waals surface area contributed by atoms with Gasteiger partial charge in [-0.15, -0.1) is 12.4 Å². The fraction of sp³-hybridized carbons (Fsp3) is 0.417. The van der Waals surface area contributed by atoms with E-state index in [-0.39, 0.29) is 24.4 Å². The Labute approximate surface area is 121 Å². The maximum Gasteiger partial charge on any atom is 0.251 e. The van der Waals surface area contributed by atoms with E-state index in [0.717, 1.165) is 35.1 Å². The maximum atomic E-state index is 11.9. The van der Waals surface area contributed by atoms with Crippen LogP contribution in [0.4, 0.5) is 0 Å². The SMILES string of the molecule is Cl.O=C(N[C@H]1CCCNC1)c1ccc(I)cc1. The normalized spacial score (nSPS) is 19.2. The Balaban J connectivity index is 0.00000144. The Kier molecular flexibility index (Phi) is 6.22. The Morgan fingerprint density at radius 3 is 2.65 bits per heavy atom. The van der Waals surface area contributed by atoms with Gasteiger partial charge in [0.25, 0.3) is 5.91 Å². The number of hydrogen-bond acceptors (Lipinski definition) is 2. The molecule has 5 heteroatoms. The average Bonchev–Trinajstić information content (AvgIpc) is 2.31. The van der Waals surface area contributed by atoms with Crippen LogP contribution in [0.3, 0.4) is 0 Å². The molecule has 0 saturated carbocycles. The van der Waals surface area contributed by atoms with E-state index in [1.165, 1.54) is 0 Å². The molecule has 0 unspecified atom stereocenters. The zero-order valence-electron chi connectivity index (χ0n) is 9.41. The number of benzene rings is 1. The van der Waals surface area contributed by atoms with Crippen LogP contribution < -0.4 is 10.6 Å². The van der Waals surface area contributed by atoms with Crippen LogP contribution in [-0.2, 0) is 0 Å². The molecule has 3 nitrogen and oxygen atoms in total. The van der Waals surface area contributed by atoms with Gasteiger partial charge in [-0.1, -0.05) is 0 Å². The summed E-state index contributed by atoms with van der Waals surface area (Å²) in [4.78, 5) is 11.9. The van der Waals surface area contributed by atoms with Crippen LogP contribution in [0.25, 0.3) is 0 Å². The number of carbonyl (C=O) groups excluding carboxylic acids is 1. The molecule has 1 atom stereocenters. The first-order valence-corrected chi connectivity index (χ1v) is 6.61. The second kappa shape index (κ2) is 7.18. The van der Waals surface area contributed by atoms with Crippen LogP contribution in [-0.4, -0.2) is 25.0 Å². The van der Waals surface area contributed by atoms with E-state index >= 15 is 0 Å². The Bertz CT molecular complexity index is 363. The number of amides is 1. The maximum absolute atomic E-state index is 11.9. The fourth-order valence-electron chi connectivity index (χ4n) is 1.85. The summed E-state index contributed by atoms with van der Waals surface area (Å²) in [6.07, 6.45) is 2.21. The molecule has 1 aromatic rings. The molecule has 0 aromatic heterocycles. The summed E-state index contributed by atoms with van der Waals surface area (Å²) in [5, 5.41) is 6.34. The zero-order valence-corrected chi connectivity index (χ0v) is 12.4. The lowest BCUT2D eigenvalue weighted by atomic mass is 10.1. The summed E-state index contributed by atoms with van der Waals surface area (Å²) in [5.41, 5.74) is 0.742. The summed E-state index contributed by atoms with van der Waals surface area (Å²) >= 11 is 2.23. The molecule has 1 aliphatic rings. The van der Waals surface area contributed by atoms with E-state index in [1.807, 2.05) is 24.3 Å². The van der Waals surface area contributed by atoms with E-state index in [2.05, 4.69) is 33.2 Å². The van der Waals surface area contributed by atoms with Gasteiger partial charge in [-0.2, -0.15) is 0 Å². The third-order valence-electron chi connectivity index (χ3n) is 2.74. The van der Waals surface area contributed by atoms with Gasteiger partial charge in [0, 0.05) is 21.7 Å². The summed E-state index contributed by atoms with van der Waals surface area (Å²) in [6.45, 7) is 1.95. The molecule has 17 heavy (non-hydrogen) atoms. The van der Waals surface area contributed by atoms with E-state index in [4.69, 9.17) is 0 Å². The van der Waals surface area contributed by atoms with E-state index in [9.17, 15) is 4.79 Å². The molecule has 0 spiro atoms. The summed E-state index contributed by atoms with van der Waals surface area (Å²) in [7, 11) is 0. The topological polar surface area (TPSA) is 41.1 Å². The highest BCUT2D eigenvalue weighted by Crippen LogP contribution is 2.08. The van der Waals surface area contributed by atoms with Gasteiger partial charge in [0.1, 0.15) is 0 Å². The third-order valence-corrected chi connectivity index (χ3v) is 3.46. The second-order valence-corrected chi connectivity index (χ2v) is 5.27. The van der Waals surface area contributed by atoms with Crippen molar-refractivity contribution >= 4 is 40.9 Å². The highest BCUT2D eigenvalue weighted by atomic mass is 127. The lowest BCUT2D eigenvalue weighted by Gasteiger charge is -2.23. The minimum atomic E-state index is 0. The standard InChI is InChI=1S/C12H15IN2O.ClH/c13-10-5-3-9(4-6-10)12(16)15-11-2-1-7-14-8-11;/h3-6,11,14H,1-2,7-8H2,(H,15,16);1H/t11-;/m0./s1. The van der Waals surface area contributed by atoms with Gasteiger partial charge >= 0.3 is 0 Å². The lowest BCUT2D eigenvalue weighted by Crippen LogP contribution is -2.45. The third kappa shape index (κ3) is 4.44. The quantitative estimate of drug-likeness (QED) is 0.788. The number of nitrogens with one attached hydrogen (secondary N) is 2. The first-order chi connectivity index (χ1) is 7.75. The molecule has 1 saturated heterocycles. The number of hydrogen-bond donors (Lipinski definition) is 2. The predicted octanol–water partition coefficient (Wildman–Crippen LogP) is 2.19. The Morgan fingerprint density at radius 2 is 2.06 bits per heavy atom. The smallest absolute Gasteiger partial charge is 0.251 e. The van der Waals surface area contributed by atoms with Crippen molar-refractivity contribution in [3.8, 4) is 0 Å². The molecule has 1 fully saturated rings. The van der Waals surface area contributed by atoms with Gasteiger partial charge in [-0.3, -0.25) is 4.79 Å². The molecule has 1 amide bonds. The van der Waals surface area contributed by atoms with E-state index < -0.39 is 0 Å². The van der Waals surface area contributed by atoms with Crippen molar-refractivity contribution in [2.75, 3.05) is 13.1 Å².